The Labute approximate surface area is 143 Å². The molecule has 7 nitrogen and oxygen atoms in total. The van der Waals surface area contributed by atoms with E-state index in [0.717, 1.165) is 5.56 Å². The van der Waals surface area contributed by atoms with Gasteiger partial charge in [-0.1, -0.05) is 30.3 Å². The summed E-state index contributed by atoms with van der Waals surface area (Å²) in [6.45, 7) is 0.308. The Kier molecular flexibility index (Phi) is 5.16. The highest BCUT2D eigenvalue weighted by Gasteiger charge is 2.06. The van der Waals surface area contributed by atoms with Crippen LogP contribution in [0.4, 0.5) is 5.69 Å². The van der Waals surface area contributed by atoms with Gasteiger partial charge in [0.1, 0.15) is 13.2 Å². The number of aromatic nitrogens is 3. The van der Waals surface area contributed by atoms with Crippen molar-refractivity contribution in [3.05, 3.63) is 83.2 Å². The van der Waals surface area contributed by atoms with Crippen molar-refractivity contribution in [1.29, 1.82) is 0 Å². The quantitative estimate of drug-likeness (QED) is 0.742. The SMILES string of the molecule is O=C(Cn1cccnc1=O)Nc1ccc(OCc2ccccc2)nc1. The molecular formula is C18H16N4O3. The molecular weight excluding hydrogens is 320 g/mol. The maximum atomic E-state index is 12.0. The number of amides is 1. The molecule has 1 N–H and O–H groups in total. The first-order chi connectivity index (χ1) is 12.2. The number of nitrogens with zero attached hydrogens (tertiary/aromatic N) is 3. The van der Waals surface area contributed by atoms with E-state index in [-0.39, 0.29) is 12.5 Å². The van der Waals surface area contributed by atoms with Gasteiger partial charge in [0, 0.05) is 18.5 Å². The molecule has 0 radical (unpaired) electrons. The Morgan fingerprint density at radius 3 is 2.64 bits per heavy atom. The summed E-state index contributed by atoms with van der Waals surface area (Å²) in [6, 6.07) is 14.7. The van der Waals surface area contributed by atoms with Crippen molar-refractivity contribution in [2.24, 2.45) is 0 Å². The van der Waals surface area contributed by atoms with Crippen molar-refractivity contribution in [3.8, 4) is 5.88 Å². The molecule has 0 bridgehead atoms. The minimum atomic E-state index is -0.472. The Morgan fingerprint density at radius 1 is 1.08 bits per heavy atom. The smallest absolute Gasteiger partial charge is 0.347 e. The number of hydrogen-bond acceptors (Lipinski definition) is 5. The molecule has 2 heterocycles. The average molecular weight is 336 g/mol. The summed E-state index contributed by atoms with van der Waals surface area (Å²) in [5.41, 5.74) is 1.10. The third kappa shape index (κ3) is 4.74. The molecule has 1 amide bonds. The van der Waals surface area contributed by atoms with E-state index in [4.69, 9.17) is 4.74 Å². The lowest BCUT2D eigenvalue weighted by Crippen LogP contribution is -2.28. The number of rotatable bonds is 6. The summed E-state index contributed by atoms with van der Waals surface area (Å²) >= 11 is 0. The van der Waals surface area contributed by atoms with Gasteiger partial charge in [-0.3, -0.25) is 9.36 Å². The van der Waals surface area contributed by atoms with Gasteiger partial charge in [0.2, 0.25) is 11.8 Å². The summed E-state index contributed by atoms with van der Waals surface area (Å²) in [7, 11) is 0. The zero-order chi connectivity index (χ0) is 17.5. The van der Waals surface area contributed by atoms with Crippen LogP contribution in [0.3, 0.4) is 0 Å². The Balaban J connectivity index is 1.54. The summed E-state index contributed by atoms with van der Waals surface area (Å²) in [5, 5.41) is 2.67. The molecule has 0 fully saturated rings. The molecule has 0 aliphatic heterocycles. The van der Waals surface area contributed by atoms with Gasteiger partial charge in [0.05, 0.1) is 11.9 Å². The second-order valence-corrected chi connectivity index (χ2v) is 5.24. The number of hydrogen-bond donors (Lipinski definition) is 1. The second-order valence-electron chi connectivity index (χ2n) is 5.24. The first kappa shape index (κ1) is 16.4. The largest absolute Gasteiger partial charge is 0.473 e. The van der Waals surface area contributed by atoms with Crippen LogP contribution in [0.2, 0.25) is 0 Å². The summed E-state index contributed by atoms with van der Waals surface area (Å²) in [5.74, 6) is 0.125. The monoisotopic (exact) mass is 336 g/mol. The van der Waals surface area contributed by atoms with Gasteiger partial charge in [0.15, 0.2) is 0 Å². The normalized spacial score (nSPS) is 10.2. The predicted octanol–water partition coefficient (Wildman–Crippen LogP) is 1.86. The highest BCUT2D eigenvalue weighted by Crippen LogP contribution is 2.13. The standard InChI is InChI=1S/C18H16N4O3/c23-16(12-22-10-4-9-19-18(22)24)21-15-7-8-17(20-11-15)25-13-14-5-2-1-3-6-14/h1-11H,12-13H2,(H,21,23). The maximum Gasteiger partial charge on any atom is 0.347 e. The molecule has 0 unspecified atom stereocenters. The lowest BCUT2D eigenvalue weighted by atomic mass is 10.2. The number of nitrogens with one attached hydrogen (secondary N) is 1. The molecule has 0 saturated heterocycles. The van der Waals surface area contributed by atoms with Crippen LogP contribution in [0, 0.1) is 0 Å². The fraction of sp³-hybridized carbons (Fsp3) is 0.111. The van der Waals surface area contributed by atoms with Crippen molar-refractivity contribution in [2.45, 2.75) is 13.2 Å². The fourth-order valence-electron chi connectivity index (χ4n) is 2.13. The number of ether oxygens (including phenoxy) is 1. The van der Waals surface area contributed by atoms with Crippen LogP contribution in [0.5, 0.6) is 5.88 Å². The van der Waals surface area contributed by atoms with Crippen LogP contribution in [0.1, 0.15) is 5.56 Å². The van der Waals surface area contributed by atoms with Crippen LogP contribution in [-0.4, -0.2) is 20.4 Å². The summed E-state index contributed by atoms with van der Waals surface area (Å²) in [4.78, 5) is 31.2. The van der Waals surface area contributed by atoms with Gasteiger partial charge in [-0.15, -0.1) is 0 Å². The number of anilines is 1. The Bertz CT molecular complexity index is 892. The van der Waals surface area contributed by atoms with Crippen molar-refractivity contribution >= 4 is 11.6 Å². The second kappa shape index (κ2) is 7.87. The number of carbonyl (C=O) groups is 1. The third-order valence-corrected chi connectivity index (χ3v) is 3.35. The Hall–Kier alpha value is -3.48. The van der Waals surface area contributed by atoms with E-state index < -0.39 is 5.69 Å². The number of pyridine rings is 1. The average Bonchev–Trinajstić information content (AvgIpc) is 2.64. The molecule has 1 aromatic carbocycles. The molecule has 0 aliphatic carbocycles. The van der Waals surface area contributed by atoms with E-state index >= 15 is 0 Å². The molecule has 7 heteroatoms. The van der Waals surface area contributed by atoms with Crippen LogP contribution in [0.25, 0.3) is 0 Å². The molecule has 0 aliphatic rings. The topological polar surface area (TPSA) is 86.1 Å². The zero-order valence-corrected chi connectivity index (χ0v) is 13.3. The van der Waals surface area contributed by atoms with Gasteiger partial charge in [-0.2, -0.15) is 0 Å². The highest BCUT2D eigenvalue weighted by molar-refractivity contribution is 5.90. The van der Waals surface area contributed by atoms with Crippen LogP contribution in [0.15, 0.2) is 71.9 Å². The van der Waals surface area contributed by atoms with Crippen molar-refractivity contribution in [2.75, 3.05) is 5.32 Å². The van der Waals surface area contributed by atoms with Crippen LogP contribution < -0.4 is 15.7 Å². The molecule has 0 atom stereocenters. The van der Waals surface area contributed by atoms with Gasteiger partial charge < -0.3 is 10.1 Å². The molecule has 3 rings (SSSR count). The molecule has 126 valence electrons. The number of carbonyl (C=O) groups excluding carboxylic acids is 1. The predicted molar refractivity (Wildman–Crippen MR) is 92.1 cm³/mol. The fourth-order valence-corrected chi connectivity index (χ4v) is 2.13. The number of benzene rings is 1. The van der Waals surface area contributed by atoms with E-state index in [1.54, 1.807) is 18.2 Å². The van der Waals surface area contributed by atoms with E-state index in [1.807, 2.05) is 30.3 Å². The van der Waals surface area contributed by atoms with Gasteiger partial charge in [-0.05, 0) is 17.7 Å². The van der Waals surface area contributed by atoms with Crippen molar-refractivity contribution < 1.29 is 9.53 Å². The minimum absolute atomic E-state index is 0.112. The van der Waals surface area contributed by atoms with E-state index in [0.29, 0.717) is 18.2 Å². The van der Waals surface area contributed by atoms with Crippen molar-refractivity contribution in [1.82, 2.24) is 14.5 Å². The lowest BCUT2D eigenvalue weighted by Gasteiger charge is -2.08. The molecule has 0 spiro atoms. The summed E-state index contributed by atoms with van der Waals surface area (Å²) in [6.07, 6.45) is 4.40. The molecule has 3 aromatic rings. The van der Waals surface area contributed by atoms with E-state index in [9.17, 15) is 9.59 Å². The summed E-state index contributed by atoms with van der Waals surface area (Å²) < 4.78 is 6.81. The maximum absolute atomic E-state index is 12.0. The highest BCUT2D eigenvalue weighted by atomic mass is 16.5. The molecule has 25 heavy (non-hydrogen) atoms. The minimum Gasteiger partial charge on any atom is -0.473 e. The molecule has 0 saturated carbocycles. The molecule has 2 aromatic heterocycles. The lowest BCUT2D eigenvalue weighted by molar-refractivity contribution is -0.116. The third-order valence-electron chi connectivity index (χ3n) is 3.35. The van der Waals surface area contributed by atoms with Crippen LogP contribution >= 0.6 is 0 Å². The van der Waals surface area contributed by atoms with Crippen LogP contribution in [-0.2, 0) is 17.9 Å². The first-order valence-electron chi connectivity index (χ1n) is 7.65. The Morgan fingerprint density at radius 2 is 1.92 bits per heavy atom. The van der Waals surface area contributed by atoms with Gasteiger partial charge in [0.25, 0.3) is 0 Å². The van der Waals surface area contributed by atoms with E-state index in [1.165, 1.54) is 23.2 Å². The first-order valence-corrected chi connectivity index (χ1v) is 7.65. The van der Waals surface area contributed by atoms with Gasteiger partial charge >= 0.3 is 5.69 Å². The van der Waals surface area contributed by atoms with Gasteiger partial charge in [-0.25, -0.2) is 14.8 Å². The van der Waals surface area contributed by atoms with Crippen molar-refractivity contribution in [3.63, 3.8) is 0 Å². The van der Waals surface area contributed by atoms with E-state index in [2.05, 4.69) is 15.3 Å². The zero-order valence-electron chi connectivity index (χ0n) is 13.3.